The maximum Gasteiger partial charge on any atom is 2.00 e. The van der Waals surface area contributed by atoms with Gasteiger partial charge in [0.05, 0.1) is 13.2 Å². The summed E-state index contributed by atoms with van der Waals surface area (Å²) >= 11 is 0. The summed E-state index contributed by atoms with van der Waals surface area (Å²) in [5.74, 6) is -3.04. The van der Waals surface area contributed by atoms with Crippen LogP contribution < -0.4 is 10.6 Å². The first-order chi connectivity index (χ1) is 14.6. The molecule has 0 fully saturated rings. The van der Waals surface area contributed by atoms with Gasteiger partial charge in [0, 0.05) is 36.8 Å². The molecule has 12 nitrogen and oxygen atoms in total. The molecule has 0 aromatic rings. The molecule has 0 aromatic heterocycles. The second kappa shape index (κ2) is 20.7. The molecule has 2 amide bonds. The van der Waals surface area contributed by atoms with Crippen LogP contribution in [0, 0.1) is 10.8 Å². The van der Waals surface area contributed by atoms with Crippen LogP contribution in [0.25, 0.3) is 0 Å². The molecule has 34 heavy (non-hydrogen) atoms. The molecular weight excluding hydrogens is 495 g/mol. The molecule has 0 aliphatic carbocycles. The van der Waals surface area contributed by atoms with Crippen molar-refractivity contribution < 1.29 is 52.7 Å². The van der Waals surface area contributed by atoms with E-state index >= 15 is 0 Å². The average molecular weight is 539 g/mol. The predicted molar refractivity (Wildman–Crippen MR) is 131 cm³/mol. The van der Waals surface area contributed by atoms with Gasteiger partial charge in [0.15, 0.2) is 17.4 Å². The Morgan fingerprint density at radius 1 is 0.735 bits per heavy atom. The van der Waals surface area contributed by atoms with E-state index in [-0.39, 0.29) is 97.1 Å². The fourth-order valence-corrected chi connectivity index (χ4v) is 1.98. The van der Waals surface area contributed by atoms with E-state index in [1.807, 2.05) is 0 Å². The number of aliphatic hydroxyl groups is 4. The van der Waals surface area contributed by atoms with E-state index in [4.69, 9.17) is 20.4 Å². The van der Waals surface area contributed by atoms with Gasteiger partial charge in [-0.2, -0.15) is 0 Å². The molecule has 0 heterocycles. The number of hydrogen-bond donors (Lipinski definition) is 8. The van der Waals surface area contributed by atoms with E-state index in [1.54, 1.807) is 27.7 Å². The molecule has 0 aliphatic heterocycles. The Bertz CT molecular complexity index is 579. The smallest absolute Gasteiger partial charge is 1.00 e. The first-order valence-electron chi connectivity index (χ1n) is 10.2. The molecule has 0 aromatic carbocycles. The van der Waals surface area contributed by atoms with Crippen LogP contribution in [0.5, 0.6) is 0 Å². The van der Waals surface area contributed by atoms with Crippen LogP contribution in [-0.2, 0) is 19.2 Å². The van der Waals surface area contributed by atoms with Crippen molar-refractivity contribution in [1.29, 1.82) is 0 Å². The third kappa shape index (κ3) is 18.8. The number of hydrogen-bond acceptors (Lipinski definition) is 8. The van der Waals surface area contributed by atoms with Crippen LogP contribution in [0.15, 0.2) is 0 Å². The zero-order valence-corrected chi connectivity index (χ0v) is 22.0. The Kier molecular flexibility index (Phi) is 24.7. The quantitative estimate of drug-likeness (QED) is 0.0849. The van der Waals surface area contributed by atoms with Crippen molar-refractivity contribution >= 4 is 78.9 Å². The average Bonchev–Trinajstić information content (AvgIpc) is 2.72. The van der Waals surface area contributed by atoms with Crippen molar-refractivity contribution in [3.8, 4) is 0 Å². The largest absolute Gasteiger partial charge is 2.00 e. The molecule has 14 heteroatoms. The van der Waals surface area contributed by atoms with E-state index in [0.717, 1.165) is 0 Å². The van der Waals surface area contributed by atoms with Crippen molar-refractivity contribution in [3.05, 3.63) is 0 Å². The summed E-state index contributed by atoms with van der Waals surface area (Å²) in [6.45, 7) is 6.03. The third-order valence-electron chi connectivity index (χ3n) is 4.53. The zero-order chi connectivity index (χ0) is 25.5. The fourth-order valence-electron chi connectivity index (χ4n) is 1.98. The topological polar surface area (TPSA) is 214 Å². The number of amides is 2. The maximum absolute atomic E-state index is 11.4. The Morgan fingerprint density at radius 2 is 1.00 bits per heavy atom. The molecule has 0 radical (unpaired) electrons. The summed E-state index contributed by atoms with van der Waals surface area (Å²) in [6.07, 6.45) is -2.04. The Balaban J connectivity index is -0.000000112. The molecule has 0 saturated heterocycles. The molecular formula is C20H43AlCaN2O10. The molecule has 0 spiro atoms. The van der Waals surface area contributed by atoms with Crippen molar-refractivity contribution in [2.75, 3.05) is 26.3 Å². The first kappa shape index (κ1) is 40.7. The number of carboxylic acids is 2. The second-order valence-corrected chi connectivity index (χ2v) is 8.68. The number of carbonyl (C=O) groups is 4. The maximum atomic E-state index is 11.4. The van der Waals surface area contributed by atoms with Crippen molar-refractivity contribution in [1.82, 2.24) is 10.6 Å². The monoisotopic (exact) mass is 538 g/mol. The SMILES string of the molecule is CC(C)(CO)[C@@H](O)C(=O)NCCCC(=O)O.CC(C)(CO)[C@@H](O)C(=O)NCCCC(=O)O.[AlH3].[Ca+2].[H-].[H-]. The minimum absolute atomic E-state index is 0. The van der Waals surface area contributed by atoms with Gasteiger partial charge in [0.1, 0.15) is 12.2 Å². The fraction of sp³-hybridized carbons (Fsp3) is 0.800. The van der Waals surface area contributed by atoms with Gasteiger partial charge < -0.3 is 44.1 Å². The summed E-state index contributed by atoms with van der Waals surface area (Å²) in [7, 11) is 0. The van der Waals surface area contributed by atoms with Crippen LogP contribution >= 0.6 is 0 Å². The van der Waals surface area contributed by atoms with E-state index in [2.05, 4.69) is 10.6 Å². The molecule has 0 bridgehead atoms. The van der Waals surface area contributed by atoms with Crippen LogP contribution in [-0.4, -0.2) is 148 Å². The van der Waals surface area contributed by atoms with Gasteiger partial charge in [-0.25, -0.2) is 0 Å². The molecule has 8 N–H and O–H groups in total. The molecule has 0 rings (SSSR count). The predicted octanol–water partition coefficient (Wildman–Crippen LogP) is -2.65. The van der Waals surface area contributed by atoms with E-state index in [1.165, 1.54) is 0 Å². The summed E-state index contributed by atoms with van der Waals surface area (Å²) in [4.78, 5) is 43.1. The Hall–Kier alpha value is -0.488. The van der Waals surface area contributed by atoms with Crippen molar-refractivity contribution in [2.45, 2.75) is 65.6 Å². The van der Waals surface area contributed by atoms with Gasteiger partial charge in [-0.05, 0) is 12.8 Å². The van der Waals surface area contributed by atoms with Crippen LogP contribution in [0.3, 0.4) is 0 Å². The molecule has 198 valence electrons. The van der Waals surface area contributed by atoms with Gasteiger partial charge in [0.2, 0.25) is 11.8 Å². The molecule has 2 atom stereocenters. The van der Waals surface area contributed by atoms with Crippen LogP contribution in [0.4, 0.5) is 0 Å². The minimum atomic E-state index is -1.30. The Labute approximate surface area is 243 Å². The Morgan fingerprint density at radius 3 is 1.21 bits per heavy atom. The summed E-state index contributed by atoms with van der Waals surface area (Å²) in [5.41, 5.74) is -1.81. The molecule has 0 saturated carbocycles. The van der Waals surface area contributed by atoms with Gasteiger partial charge >= 0.3 is 49.7 Å². The number of rotatable bonds is 14. The zero-order valence-electron chi connectivity index (χ0n) is 21.8. The number of nitrogens with one attached hydrogen (secondary N) is 2. The summed E-state index contributed by atoms with van der Waals surface area (Å²) in [5, 5.41) is 58.6. The van der Waals surface area contributed by atoms with Gasteiger partial charge in [-0.15, -0.1) is 0 Å². The number of aliphatic hydroxyl groups excluding tert-OH is 4. The minimum Gasteiger partial charge on any atom is -1.00 e. The number of aliphatic carboxylic acids is 2. The van der Waals surface area contributed by atoms with Gasteiger partial charge in [-0.3, -0.25) is 19.2 Å². The van der Waals surface area contributed by atoms with E-state index in [0.29, 0.717) is 12.8 Å². The summed E-state index contributed by atoms with van der Waals surface area (Å²) in [6, 6.07) is 0. The standard InChI is InChI=1S/2C10H19NO5.Al.Ca.5H/c2*1-10(2,6-12)8(15)9(16)11-5-3-4-7(13)14;;;;;;;/h2*8,12,15H,3-6H2,1-2H3,(H,11,16)(H,13,14);;;;;;;/q;;;+2;;;;2*-1/t2*8-;;;;;;;/m00......./s1. The molecule has 0 aliphatic rings. The normalized spacial score (nSPS) is 12.5. The number of carboxylic acid groups (broad SMARTS) is 2. The second-order valence-electron chi connectivity index (χ2n) is 8.68. The number of carbonyl (C=O) groups excluding carboxylic acids is 2. The van der Waals surface area contributed by atoms with Crippen LogP contribution in [0.1, 0.15) is 56.2 Å². The van der Waals surface area contributed by atoms with Crippen molar-refractivity contribution in [3.63, 3.8) is 0 Å². The molecule has 0 unspecified atom stereocenters. The van der Waals surface area contributed by atoms with Gasteiger partial charge in [0.25, 0.3) is 0 Å². The van der Waals surface area contributed by atoms with Crippen molar-refractivity contribution in [2.24, 2.45) is 10.8 Å². The van der Waals surface area contributed by atoms with Gasteiger partial charge in [-0.1, -0.05) is 27.7 Å². The third-order valence-corrected chi connectivity index (χ3v) is 4.53. The van der Waals surface area contributed by atoms with Crippen LogP contribution in [0.2, 0.25) is 0 Å². The summed E-state index contributed by atoms with van der Waals surface area (Å²) < 4.78 is 0. The first-order valence-corrected chi connectivity index (χ1v) is 10.2. The van der Waals surface area contributed by atoms with E-state index < -0.39 is 46.8 Å². The van der Waals surface area contributed by atoms with E-state index in [9.17, 15) is 29.4 Å².